The van der Waals surface area contributed by atoms with E-state index in [2.05, 4.69) is 25.5 Å². The Kier molecular flexibility index (Phi) is 6.16. The predicted octanol–water partition coefficient (Wildman–Crippen LogP) is 3.74. The zero-order valence-corrected chi connectivity index (χ0v) is 18.7. The van der Waals surface area contributed by atoms with Gasteiger partial charge in [-0.25, -0.2) is 13.1 Å². The van der Waals surface area contributed by atoms with Gasteiger partial charge in [-0.1, -0.05) is 50.3 Å². The third-order valence-corrected chi connectivity index (χ3v) is 7.01. The molecule has 29 heavy (non-hydrogen) atoms. The average molecular weight is 435 g/mol. The average Bonchev–Trinajstić information content (AvgIpc) is 2.99. The van der Waals surface area contributed by atoms with Gasteiger partial charge in [0.1, 0.15) is 12.4 Å². The summed E-state index contributed by atoms with van der Waals surface area (Å²) in [6.45, 7) is 9.11. The largest absolute Gasteiger partial charge is 0.492 e. The van der Waals surface area contributed by atoms with Crippen LogP contribution in [0.25, 0.3) is 10.2 Å². The van der Waals surface area contributed by atoms with Gasteiger partial charge >= 0.3 is 4.87 Å². The van der Waals surface area contributed by atoms with Crippen molar-refractivity contribution >= 4 is 31.6 Å². The van der Waals surface area contributed by atoms with E-state index in [0.717, 1.165) is 28.2 Å². The van der Waals surface area contributed by atoms with Crippen molar-refractivity contribution in [3.05, 3.63) is 57.7 Å². The first kappa shape index (κ1) is 21.5. The number of thiazole rings is 1. The number of para-hydroxylation sites is 1. The van der Waals surface area contributed by atoms with Crippen LogP contribution in [0.3, 0.4) is 0 Å². The van der Waals surface area contributed by atoms with Crippen LogP contribution in [0.1, 0.15) is 33.3 Å². The molecule has 1 heterocycles. The van der Waals surface area contributed by atoms with Crippen molar-refractivity contribution in [2.24, 2.45) is 0 Å². The number of hydrogen-bond donors (Lipinski definition) is 1. The highest BCUT2D eigenvalue weighted by Crippen LogP contribution is 2.30. The number of nitrogens with one attached hydrogen (secondary N) is 1. The molecule has 0 fully saturated rings. The molecule has 0 saturated carbocycles. The second-order valence-electron chi connectivity index (χ2n) is 7.73. The highest BCUT2D eigenvalue weighted by molar-refractivity contribution is 7.89. The van der Waals surface area contributed by atoms with Gasteiger partial charge in [-0.3, -0.25) is 9.36 Å². The van der Waals surface area contributed by atoms with Gasteiger partial charge in [0.15, 0.2) is 0 Å². The Morgan fingerprint density at radius 2 is 1.86 bits per heavy atom. The Labute approximate surface area is 175 Å². The molecule has 6 nitrogen and oxygen atoms in total. The van der Waals surface area contributed by atoms with Crippen molar-refractivity contribution in [3.63, 3.8) is 0 Å². The summed E-state index contributed by atoms with van der Waals surface area (Å²) in [5.41, 5.74) is 1.76. The molecule has 0 radical (unpaired) electrons. The summed E-state index contributed by atoms with van der Waals surface area (Å²) in [4.78, 5) is 12.0. The van der Waals surface area contributed by atoms with E-state index in [4.69, 9.17) is 4.74 Å². The third kappa shape index (κ3) is 4.71. The van der Waals surface area contributed by atoms with Crippen molar-refractivity contribution in [1.29, 1.82) is 0 Å². The maximum atomic E-state index is 12.6. The number of sulfonamides is 1. The van der Waals surface area contributed by atoms with E-state index >= 15 is 0 Å². The first-order chi connectivity index (χ1) is 13.6. The number of hydrogen-bond acceptors (Lipinski definition) is 5. The summed E-state index contributed by atoms with van der Waals surface area (Å²) >= 11 is 1.05. The van der Waals surface area contributed by atoms with Crippen LogP contribution in [-0.2, 0) is 22.0 Å². The van der Waals surface area contributed by atoms with Gasteiger partial charge in [-0.15, -0.1) is 0 Å². The first-order valence-corrected chi connectivity index (χ1v) is 11.8. The number of rotatable bonds is 7. The van der Waals surface area contributed by atoms with Gasteiger partial charge < -0.3 is 4.74 Å². The van der Waals surface area contributed by atoms with Crippen LogP contribution in [0.4, 0.5) is 0 Å². The molecular formula is C21H26N2O4S2. The van der Waals surface area contributed by atoms with E-state index in [9.17, 15) is 13.2 Å². The summed E-state index contributed by atoms with van der Waals surface area (Å²) in [5, 5.41) is 0. The van der Waals surface area contributed by atoms with Crippen molar-refractivity contribution < 1.29 is 13.2 Å². The number of aryl methyl sites for hydroxylation is 1. The van der Waals surface area contributed by atoms with Crippen molar-refractivity contribution in [2.45, 2.75) is 44.6 Å². The van der Waals surface area contributed by atoms with Crippen molar-refractivity contribution in [1.82, 2.24) is 9.29 Å². The first-order valence-electron chi connectivity index (χ1n) is 9.49. The fraction of sp³-hybridized carbons (Fsp3) is 0.381. The van der Waals surface area contributed by atoms with E-state index in [0.29, 0.717) is 11.2 Å². The summed E-state index contributed by atoms with van der Waals surface area (Å²) in [6.07, 6.45) is 0. The van der Waals surface area contributed by atoms with Crippen LogP contribution in [0, 0.1) is 0 Å². The molecule has 0 spiro atoms. The van der Waals surface area contributed by atoms with Gasteiger partial charge in [0, 0.05) is 13.1 Å². The Hall–Kier alpha value is -2.16. The molecule has 0 aliphatic heterocycles. The predicted molar refractivity (Wildman–Crippen MR) is 118 cm³/mol. The van der Waals surface area contributed by atoms with Gasteiger partial charge in [0.2, 0.25) is 10.0 Å². The van der Waals surface area contributed by atoms with E-state index in [1.807, 2.05) is 31.2 Å². The fourth-order valence-electron chi connectivity index (χ4n) is 3.15. The van der Waals surface area contributed by atoms with Crippen molar-refractivity contribution in [3.8, 4) is 5.75 Å². The van der Waals surface area contributed by atoms with Gasteiger partial charge in [-0.05, 0) is 42.2 Å². The normalized spacial score (nSPS) is 12.4. The molecule has 0 aliphatic carbocycles. The van der Waals surface area contributed by atoms with Crippen LogP contribution in [0.15, 0.2) is 52.2 Å². The van der Waals surface area contributed by atoms with Crippen molar-refractivity contribution in [2.75, 3.05) is 13.2 Å². The van der Waals surface area contributed by atoms with Gasteiger partial charge in [-0.2, -0.15) is 0 Å². The van der Waals surface area contributed by atoms with Gasteiger partial charge in [0.05, 0.1) is 15.1 Å². The Bertz CT molecular complexity index is 1170. The Morgan fingerprint density at radius 3 is 2.55 bits per heavy atom. The number of benzene rings is 2. The molecule has 1 N–H and O–H groups in total. The molecule has 0 amide bonds. The number of nitrogens with zero attached hydrogens (tertiary/aromatic N) is 1. The molecule has 0 atom stereocenters. The van der Waals surface area contributed by atoms with E-state index in [-0.39, 0.29) is 28.3 Å². The number of ether oxygens (including phenoxy) is 1. The van der Waals surface area contributed by atoms with Crippen LogP contribution < -0.4 is 14.3 Å². The molecule has 8 heteroatoms. The minimum Gasteiger partial charge on any atom is -0.492 e. The van der Waals surface area contributed by atoms with Crippen LogP contribution in [0.2, 0.25) is 0 Å². The molecule has 156 valence electrons. The second kappa shape index (κ2) is 8.30. The maximum Gasteiger partial charge on any atom is 0.308 e. The van der Waals surface area contributed by atoms with Crippen LogP contribution in [-0.4, -0.2) is 26.1 Å². The quantitative estimate of drug-likeness (QED) is 0.575. The topological polar surface area (TPSA) is 77.4 Å². The summed E-state index contributed by atoms with van der Waals surface area (Å²) < 4.78 is 35.9. The van der Waals surface area contributed by atoms with Gasteiger partial charge in [0.25, 0.3) is 0 Å². The van der Waals surface area contributed by atoms with E-state index in [1.54, 1.807) is 16.7 Å². The molecule has 2 aromatic carbocycles. The van der Waals surface area contributed by atoms with Crippen LogP contribution >= 0.6 is 11.3 Å². The second-order valence-corrected chi connectivity index (χ2v) is 10.5. The maximum absolute atomic E-state index is 12.6. The Balaban J connectivity index is 1.68. The Morgan fingerprint density at radius 1 is 1.14 bits per heavy atom. The lowest BCUT2D eigenvalue weighted by Crippen LogP contribution is -2.28. The minimum absolute atomic E-state index is 0.0675. The monoisotopic (exact) mass is 434 g/mol. The summed E-state index contributed by atoms with van der Waals surface area (Å²) in [6, 6.07) is 12.5. The van der Waals surface area contributed by atoms with E-state index in [1.165, 1.54) is 6.07 Å². The number of fused-ring (bicyclic) bond motifs is 1. The smallest absolute Gasteiger partial charge is 0.308 e. The zero-order valence-electron chi connectivity index (χ0n) is 17.1. The third-order valence-electron chi connectivity index (χ3n) is 4.61. The number of aromatic nitrogens is 1. The summed E-state index contributed by atoms with van der Waals surface area (Å²) in [5.74, 6) is 0.756. The molecular weight excluding hydrogens is 408 g/mol. The highest BCUT2D eigenvalue weighted by atomic mass is 32.2. The van der Waals surface area contributed by atoms with Crippen LogP contribution in [0.5, 0.6) is 5.75 Å². The fourth-order valence-corrected chi connectivity index (χ4v) is 5.25. The molecule has 0 unspecified atom stereocenters. The minimum atomic E-state index is -3.69. The SMILES string of the molecule is CCn1c(=O)sc2cc(S(=O)(=O)NCCOc3ccccc3C(C)(C)C)ccc21. The lowest BCUT2D eigenvalue weighted by atomic mass is 9.86. The standard InChI is InChI=1S/C21H26N2O4S2/c1-5-23-17-11-10-15(14-19(17)28-20(23)24)29(25,26)22-12-13-27-18-9-7-6-8-16(18)21(2,3)4/h6-11,14,22H,5,12-13H2,1-4H3. The molecule has 0 saturated heterocycles. The highest BCUT2D eigenvalue weighted by Gasteiger charge is 2.19. The molecule has 1 aromatic heterocycles. The molecule has 3 rings (SSSR count). The lowest BCUT2D eigenvalue weighted by molar-refractivity contribution is 0.314. The molecule has 0 aliphatic rings. The van der Waals surface area contributed by atoms with E-state index < -0.39 is 10.0 Å². The molecule has 3 aromatic rings. The molecule has 0 bridgehead atoms. The summed E-state index contributed by atoms with van der Waals surface area (Å²) in [7, 11) is -3.69. The zero-order chi connectivity index (χ0) is 21.2. The lowest BCUT2D eigenvalue weighted by Gasteiger charge is -2.22.